The maximum absolute atomic E-state index is 16.2. The second kappa shape index (κ2) is 47.6. The van der Waals surface area contributed by atoms with Gasteiger partial charge in [0.15, 0.2) is 66.6 Å². The van der Waals surface area contributed by atoms with Crippen LogP contribution in [0.25, 0.3) is 11.2 Å². The van der Waals surface area contributed by atoms with Gasteiger partial charge in [-0.1, -0.05) is 72.3 Å². The maximum atomic E-state index is 16.2. The Morgan fingerprint density at radius 2 is 1.31 bits per heavy atom. The molecule has 3 saturated heterocycles. The molecule has 1 amide bonds. The summed E-state index contributed by atoms with van der Waals surface area (Å²) in [7, 11) is 0. The van der Waals surface area contributed by atoms with Crippen LogP contribution in [0, 0.1) is 50.7 Å². The standard InChI is InChI=1S/C90H147N5O45/c1-13-48(131-77(123)67(119)71(49(14-2)130-40(6)102)133-75(121)62(114)55(107)37(3)100)59(111)72(136-81-66(118)61(113)69(39(5)129-81)134-80-68(120)70(47(105)33-128-80)135-82-65(117)60(112)58(110)50(32-97)132-82)79(125)138-83(126)89(127)34-88(12)42(41-31-84(7,8)23-19-43(41)89)17-18-52-85(9)24-21-53(86(10,35-98)51(85)20-25-87(52,88)11)139-90(36-99,140-78(124)64(116)57(109)45(103)22-29-96)73(137-76(122)63(115)56(108)38(4)101)46(104)30-54(106)91-27-28-95-74-44(93-94-95)16-15-26-92-74/h15-17,26,35,37-39,41,43,45-53,55-56,58-63,65-73,75-82,96-97,99-101,103-105,107-125,127H,13-14,18-25,27-34,36H2,1-12H3,(H,91,106)/b64-57-/t37?,38?,39?,41?,43?,45?,46?,47?,48?,49?,50?,51?,52?,53-,55?,56?,58?,59?,60?,61?,62?,63?,65?,66?,67?,68?,69?,70?,71?,72?,73?,75?,76?,77?,78?,79?,80?,81?,82?,85-,86-,87+,88+,89+,90?/m0/s1. The zero-order valence-corrected chi connectivity index (χ0v) is 80.1. The fourth-order valence-corrected chi connectivity index (χ4v) is 22.4. The van der Waals surface area contributed by atoms with Crippen LogP contribution in [-0.4, -0.2) is 447 Å². The van der Waals surface area contributed by atoms with Crippen molar-refractivity contribution in [3.05, 3.63) is 41.5 Å². The van der Waals surface area contributed by atoms with Crippen LogP contribution in [0.1, 0.15) is 167 Å². The molecule has 50 nitrogen and oxygen atoms in total. The summed E-state index contributed by atoms with van der Waals surface area (Å²) in [6.07, 6.45) is -73.7. The first-order valence-electron chi connectivity index (χ1n) is 47.3. The number of aliphatic hydroxyl groups is 28. The zero-order chi connectivity index (χ0) is 104. The Bertz CT molecular complexity index is 4410. The average Bonchev–Trinajstić information content (AvgIpc) is 0.681. The summed E-state index contributed by atoms with van der Waals surface area (Å²) in [4.78, 5) is 61.7. The number of nitrogens with zero attached hydrogens (tertiary/aromatic N) is 4. The highest BCUT2D eigenvalue weighted by molar-refractivity contribution is 5.81. The third-order valence-corrected chi connectivity index (χ3v) is 30.4. The predicted octanol–water partition coefficient (Wildman–Crippen LogP) is -7.72. The number of aliphatic hydroxyl groups excluding tert-OH is 27. The van der Waals surface area contributed by atoms with E-state index in [0.717, 1.165) is 26.3 Å². The van der Waals surface area contributed by atoms with Gasteiger partial charge >= 0.3 is 11.9 Å². The lowest BCUT2D eigenvalue weighted by atomic mass is 9.33. The normalized spacial score (nSPS) is 37.4. The Morgan fingerprint density at radius 3 is 1.91 bits per heavy atom. The van der Waals surface area contributed by atoms with E-state index in [1.54, 1.807) is 12.1 Å². The molecule has 5 aliphatic carbocycles. The summed E-state index contributed by atoms with van der Waals surface area (Å²) in [5.41, 5.74) is -6.92. The molecule has 140 heavy (non-hydrogen) atoms. The van der Waals surface area contributed by atoms with Gasteiger partial charge in [-0.2, -0.15) is 0 Å². The molecule has 10 rings (SSSR count). The van der Waals surface area contributed by atoms with E-state index in [1.807, 2.05) is 40.7 Å². The number of nitrogens with one attached hydrogen (secondary N) is 1. The number of pyridine rings is 1. The van der Waals surface area contributed by atoms with Gasteiger partial charge in [0, 0.05) is 38.6 Å². The van der Waals surface area contributed by atoms with Crippen molar-refractivity contribution < 1.29 is 224 Å². The van der Waals surface area contributed by atoms with Gasteiger partial charge in [-0.15, -0.1) is 5.10 Å². The molecule has 45 atom stereocenters. The van der Waals surface area contributed by atoms with E-state index in [4.69, 9.17) is 61.6 Å². The number of fused-ring (bicyclic) bond motifs is 8. The van der Waals surface area contributed by atoms with Crippen molar-refractivity contribution in [1.82, 2.24) is 25.3 Å². The summed E-state index contributed by atoms with van der Waals surface area (Å²) in [5, 5.41) is 329. The van der Waals surface area contributed by atoms with Crippen LogP contribution in [0.15, 0.2) is 41.5 Å². The first kappa shape index (κ1) is 116. The molecule has 8 aliphatic rings. The largest absolute Gasteiger partial charge is 0.506 e. The maximum Gasteiger partial charge on any atom is 0.340 e. The predicted molar refractivity (Wildman–Crippen MR) is 468 cm³/mol. The Balaban J connectivity index is 0.980. The Hall–Kier alpha value is -5.77. The number of aldehydes is 1. The molecule has 7 fully saturated rings. The van der Waals surface area contributed by atoms with E-state index < -0.39 is 359 Å². The number of rotatable bonds is 47. The van der Waals surface area contributed by atoms with Gasteiger partial charge in [0.25, 0.3) is 0 Å². The fraction of sp³-hybridized carbons (Fsp3) is 0.856. The van der Waals surface area contributed by atoms with Crippen LogP contribution < -0.4 is 5.32 Å². The van der Waals surface area contributed by atoms with E-state index in [1.165, 1.54) is 38.6 Å². The molecule has 2 aromatic rings. The molecule has 5 heterocycles. The van der Waals surface area contributed by atoms with Gasteiger partial charge in [0.05, 0.1) is 68.2 Å². The summed E-state index contributed by atoms with van der Waals surface area (Å²) in [6.45, 7) is 13.9. The molecule has 0 spiro atoms. The third-order valence-electron chi connectivity index (χ3n) is 30.4. The van der Waals surface area contributed by atoms with Gasteiger partial charge < -0.3 is 215 Å². The molecule has 0 aromatic carbocycles. The lowest BCUT2D eigenvalue weighted by molar-refractivity contribution is -0.396. The molecular weight excluding hydrogens is 1870 g/mol. The number of carbonyl (C=O) groups excluding carboxylic acids is 4. The molecule has 3 aliphatic heterocycles. The molecule has 2 aromatic heterocycles. The van der Waals surface area contributed by atoms with Gasteiger partial charge in [-0.3, -0.25) is 9.59 Å². The highest BCUT2D eigenvalue weighted by atomic mass is 16.8. The van der Waals surface area contributed by atoms with Crippen molar-refractivity contribution in [3.63, 3.8) is 0 Å². The Morgan fingerprint density at radius 1 is 0.679 bits per heavy atom. The van der Waals surface area contributed by atoms with Crippen LogP contribution in [0.5, 0.6) is 0 Å². The third kappa shape index (κ3) is 24.1. The van der Waals surface area contributed by atoms with Gasteiger partial charge in [0.2, 0.25) is 24.3 Å². The molecule has 4 saturated carbocycles. The van der Waals surface area contributed by atoms with Crippen LogP contribution in [0.3, 0.4) is 0 Å². The Kier molecular flexibility index (Phi) is 39.5. The van der Waals surface area contributed by atoms with E-state index >= 15 is 4.79 Å². The number of hydrogen-bond donors (Lipinski definition) is 29. The van der Waals surface area contributed by atoms with Crippen molar-refractivity contribution in [2.45, 2.75) is 400 Å². The number of aromatic nitrogens is 4. The van der Waals surface area contributed by atoms with Crippen LogP contribution in [0.2, 0.25) is 0 Å². The van der Waals surface area contributed by atoms with E-state index in [2.05, 4.69) is 20.6 Å². The number of esters is 2. The lowest BCUT2D eigenvalue weighted by Gasteiger charge is -2.71. The minimum atomic E-state index is -3.36. The number of allylic oxidation sites excluding steroid dienone is 2. The number of carbonyl (C=O) groups is 4. The summed E-state index contributed by atoms with van der Waals surface area (Å²) >= 11 is 0. The lowest BCUT2D eigenvalue weighted by Crippen LogP contribution is -2.69. The number of ether oxygens (including phenoxy) is 13. The van der Waals surface area contributed by atoms with Crippen molar-refractivity contribution in [2.24, 2.45) is 50.7 Å². The van der Waals surface area contributed by atoms with E-state index in [0.29, 0.717) is 30.3 Å². The smallest absolute Gasteiger partial charge is 0.340 e. The minimum absolute atomic E-state index is 0.0350. The van der Waals surface area contributed by atoms with Gasteiger partial charge in [0.1, 0.15) is 140 Å². The molecule has 50 heteroatoms. The minimum Gasteiger partial charge on any atom is -0.506 e. The van der Waals surface area contributed by atoms with Gasteiger partial charge in [-0.25, -0.2) is 14.5 Å². The molecule has 0 radical (unpaired) electrons. The van der Waals surface area contributed by atoms with Crippen LogP contribution in [0.4, 0.5) is 0 Å². The highest BCUT2D eigenvalue weighted by Gasteiger charge is 2.73. The average molecular weight is 2020 g/mol. The van der Waals surface area contributed by atoms with Gasteiger partial charge in [-0.05, 0) is 143 Å². The number of amides is 1. The van der Waals surface area contributed by atoms with Crippen molar-refractivity contribution >= 4 is 35.3 Å². The summed E-state index contributed by atoms with van der Waals surface area (Å²) in [6, 6.07) is 3.25. The zero-order valence-electron chi connectivity index (χ0n) is 80.1. The van der Waals surface area contributed by atoms with Crippen LogP contribution in [-0.2, 0) is 87.3 Å². The summed E-state index contributed by atoms with van der Waals surface area (Å²) in [5.74, 6) is -13.1. The second-order valence-corrected chi connectivity index (χ2v) is 40.3. The molecule has 802 valence electrons. The van der Waals surface area contributed by atoms with Crippen molar-refractivity contribution in [3.8, 4) is 0 Å². The van der Waals surface area contributed by atoms with E-state index in [-0.39, 0.29) is 58.0 Å². The van der Waals surface area contributed by atoms with Crippen molar-refractivity contribution in [1.29, 1.82) is 0 Å². The summed E-state index contributed by atoms with van der Waals surface area (Å²) < 4.78 is 77.9. The van der Waals surface area contributed by atoms with E-state index in [9.17, 15) is 157 Å². The topological polar surface area (TPSA) is 810 Å². The SMILES string of the molecule is CCC(OC(O)C(O)C(OC(O)C(O)C(O)C(C)O)C(CC)OC(C)=O)C(O)C(OC1OC(C)C(OC2OCC(O)C(OC3OC(CO)C(O)C(O)C3O)C2O)C(O)C1O)C(O)OC(=O)[C@@]1(O)C[C@]2(C)C(=CCC3[C@@]4(C)CC[C@H](OC(CO)(OC(O)/C(O)=C(/O)C(O)CCO)C(OC(O)C(O)C(O)C(C)O)C(O)CC(=O)NCCn5nnc6cccnc65)[C@@](C)(C=O)C4CC[C@]32C)C2CC(C)(C)CCC21. The van der Waals surface area contributed by atoms with Crippen molar-refractivity contribution in [2.75, 3.05) is 33.0 Å². The quantitative estimate of drug-likeness (QED) is 0.00962. The van der Waals surface area contributed by atoms with Crippen LogP contribution >= 0.6 is 0 Å². The molecular formula is C90H147N5O45. The monoisotopic (exact) mass is 2020 g/mol. The fourth-order valence-electron chi connectivity index (χ4n) is 22.4. The molecule has 0 bridgehead atoms. The first-order valence-corrected chi connectivity index (χ1v) is 47.3. The second-order valence-electron chi connectivity index (χ2n) is 40.3. The molecule has 39 unspecified atom stereocenters. The highest BCUT2D eigenvalue weighted by Crippen LogP contribution is 2.76. The first-order chi connectivity index (χ1) is 65.5. The molecule has 29 N–H and O–H groups in total. The Labute approximate surface area is 806 Å². The number of hydrogen-bond acceptors (Lipinski definition) is 48.